The number of para-hydroxylation sites is 1. The van der Waals surface area contributed by atoms with Gasteiger partial charge in [0.1, 0.15) is 11.2 Å². The SMILES string of the molecule is CCOC(=O)c1ccc2nc(-c3cc4ccccc4[nH]3)oc2c1. The van der Waals surface area contributed by atoms with Crippen molar-refractivity contribution in [3.8, 4) is 11.6 Å². The number of esters is 1. The number of rotatable bonds is 3. The fourth-order valence-electron chi connectivity index (χ4n) is 2.57. The summed E-state index contributed by atoms with van der Waals surface area (Å²) in [6.07, 6.45) is 0. The molecule has 5 nitrogen and oxygen atoms in total. The van der Waals surface area contributed by atoms with Gasteiger partial charge in [-0.2, -0.15) is 0 Å². The van der Waals surface area contributed by atoms with Crippen molar-refractivity contribution in [1.29, 1.82) is 0 Å². The lowest BCUT2D eigenvalue weighted by atomic mass is 10.2. The van der Waals surface area contributed by atoms with Crippen molar-refractivity contribution >= 4 is 28.0 Å². The first-order chi connectivity index (χ1) is 11.2. The second-order valence-corrected chi connectivity index (χ2v) is 5.19. The average molecular weight is 306 g/mol. The average Bonchev–Trinajstić information content (AvgIpc) is 3.17. The van der Waals surface area contributed by atoms with Crippen molar-refractivity contribution in [2.75, 3.05) is 6.61 Å². The molecule has 0 radical (unpaired) electrons. The van der Waals surface area contributed by atoms with Crippen molar-refractivity contribution in [3.05, 3.63) is 54.1 Å². The van der Waals surface area contributed by atoms with Gasteiger partial charge >= 0.3 is 5.97 Å². The third-order valence-corrected chi connectivity index (χ3v) is 3.66. The van der Waals surface area contributed by atoms with Crippen molar-refractivity contribution in [2.45, 2.75) is 6.92 Å². The highest BCUT2D eigenvalue weighted by Crippen LogP contribution is 2.27. The molecule has 0 aliphatic carbocycles. The Kier molecular flexibility index (Phi) is 3.12. The zero-order valence-corrected chi connectivity index (χ0v) is 12.5. The molecule has 0 spiro atoms. The van der Waals surface area contributed by atoms with Gasteiger partial charge in [0.25, 0.3) is 0 Å². The minimum atomic E-state index is -0.363. The van der Waals surface area contributed by atoms with E-state index in [4.69, 9.17) is 9.15 Å². The number of ether oxygens (including phenoxy) is 1. The summed E-state index contributed by atoms with van der Waals surface area (Å²) in [6, 6.07) is 15.1. The number of nitrogens with zero attached hydrogens (tertiary/aromatic N) is 1. The Morgan fingerprint density at radius 2 is 2.09 bits per heavy atom. The molecule has 0 bridgehead atoms. The van der Waals surface area contributed by atoms with Crippen LogP contribution in [0.15, 0.2) is 52.9 Å². The number of fused-ring (bicyclic) bond motifs is 2. The maximum atomic E-state index is 11.8. The van der Waals surface area contributed by atoms with Crippen LogP contribution in [0.25, 0.3) is 33.6 Å². The number of oxazole rings is 1. The van der Waals surface area contributed by atoms with Gasteiger partial charge in [-0.1, -0.05) is 18.2 Å². The molecule has 0 saturated carbocycles. The van der Waals surface area contributed by atoms with Gasteiger partial charge in [-0.25, -0.2) is 9.78 Å². The third-order valence-electron chi connectivity index (χ3n) is 3.66. The number of H-pyrrole nitrogens is 1. The Balaban J connectivity index is 1.77. The highest BCUT2D eigenvalue weighted by Gasteiger charge is 2.13. The second kappa shape index (κ2) is 5.28. The molecule has 0 aliphatic heterocycles. The smallest absolute Gasteiger partial charge is 0.338 e. The van der Waals surface area contributed by atoms with E-state index in [9.17, 15) is 4.79 Å². The molecule has 2 aromatic heterocycles. The van der Waals surface area contributed by atoms with Crippen LogP contribution in [0.4, 0.5) is 0 Å². The van der Waals surface area contributed by atoms with Crippen LogP contribution in [0.3, 0.4) is 0 Å². The zero-order chi connectivity index (χ0) is 15.8. The normalized spacial score (nSPS) is 11.2. The molecule has 0 saturated heterocycles. The molecule has 0 unspecified atom stereocenters. The molecule has 4 rings (SSSR count). The zero-order valence-electron chi connectivity index (χ0n) is 12.5. The van der Waals surface area contributed by atoms with Crippen molar-refractivity contribution in [1.82, 2.24) is 9.97 Å². The first-order valence-electron chi connectivity index (χ1n) is 7.40. The summed E-state index contributed by atoms with van der Waals surface area (Å²) in [4.78, 5) is 19.5. The molecule has 0 atom stereocenters. The lowest BCUT2D eigenvalue weighted by Gasteiger charge is -2.00. The van der Waals surface area contributed by atoms with E-state index in [0.29, 0.717) is 29.2 Å². The fraction of sp³-hybridized carbons (Fsp3) is 0.111. The first-order valence-corrected chi connectivity index (χ1v) is 7.40. The second-order valence-electron chi connectivity index (χ2n) is 5.19. The van der Waals surface area contributed by atoms with Gasteiger partial charge in [0.2, 0.25) is 5.89 Å². The van der Waals surface area contributed by atoms with Crippen LogP contribution in [0.2, 0.25) is 0 Å². The fourth-order valence-corrected chi connectivity index (χ4v) is 2.57. The van der Waals surface area contributed by atoms with Gasteiger partial charge in [0.15, 0.2) is 5.58 Å². The summed E-state index contributed by atoms with van der Waals surface area (Å²) in [5.41, 5.74) is 3.55. The number of nitrogens with one attached hydrogen (secondary N) is 1. The van der Waals surface area contributed by atoms with Crippen LogP contribution in [0, 0.1) is 0 Å². The molecule has 23 heavy (non-hydrogen) atoms. The summed E-state index contributed by atoms with van der Waals surface area (Å²) in [5.74, 6) is 0.134. The lowest BCUT2D eigenvalue weighted by molar-refractivity contribution is 0.0526. The van der Waals surface area contributed by atoms with E-state index in [2.05, 4.69) is 9.97 Å². The summed E-state index contributed by atoms with van der Waals surface area (Å²) < 4.78 is 10.8. The number of hydrogen-bond acceptors (Lipinski definition) is 4. The highest BCUT2D eigenvalue weighted by atomic mass is 16.5. The van der Waals surface area contributed by atoms with Crippen LogP contribution < -0.4 is 0 Å². The molecule has 0 aliphatic rings. The molecule has 0 fully saturated rings. The highest BCUT2D eigenvalue weighted by molar-refractivity contribution is 5.93. The monoisotopic (exact) mass is 306 g/mol. The summed E-state index contributed by atoms with van der Waals surface area (Å²) in [6.45, 7) is 2.12. The molecule has 114 valence electrons. The van der Waals surface area contributed by atoms with Gasteiger partial charge in [-0.3, -0.25) is 0 Å². The van der Waals surface area contributed by atoms with Crippen LogP contribution in [-0.2, 0) is 4.74 Å². The minimum absolute atomic E-state index is 0.341. The molecule has 0 amide bonds. The predicted octanol–water partition coefficient (Wildman–Crippen LogP) is 4.15. The maximum Gasteiger partial charge on any atom is 0.338 e. The largest absolute Gasteiger partial charge is 0.462 e. The number of hydrogen-bond donors (Lipinski definition) is 1. The van der Waals surface area contributed by atoms with Gasteiger partial charge < -0.3 is 14.1 Å². The summed E-state index contributed by atoms with van der Waals surface area (Å²) in [7, 11) is 0. The van der Waals surface area contributed by atoms with E-state index in [1.165, 1.54) is 0 Å². The number of carbonyl (C=O) groups is 1. The first kappa shape index (κ1) is 13.6. The molecule has 5 heteroatoms. The Morgan fingerprint density at radius 3 is 2.91 bits per heavy atom. The summed E-state index contributed by atoms with van der Waals surface area (Å²) >= 11 is 0. The number of benzene rings is 2. The Hall–Kier alpha value is -3.08. The van der Waals surface area contributed by atoms with Crippen LogP contribution >= 0.6 is 0 Å². The standard InChI is InChI=1S/C18H14N2O3/c1-2-22-18(21)12-7-8-14-16(10-12)23-17(20-14)15-9-11-5-3-4-6-13(11)19-15/h3-10,19H,2H2,1H3. The topological polar surface area (TPSA) is 68.1 Å². The maximum absolute atomic E-state index is 11.8. The molecular formula is C18H14N2O3. The summed E-state index contributed by atoms with van der Waals surface area (Å²) in [5, 5.41) is 1.09. The van der Waals surface area contributed by atoms with Crippen molar-refractivity contribution < 1.29 is 13.9 Å². The lowest BCUT2D eigenvalue weighted by Crippen LogP contribution is -2.03. The van der Waals surface area contributed by atoms with Gasteiger partial charge in [0, 0.05) is 10.9 Å². The number of aromatic amines is 1. The van der Waals surface area contributed by atoms with E-state index in [0.717, 1.165) is 16.6 Å². The molecule has 4 aromatic rings. The predicted molar refractivity (Wildman–Crippen MR) is 87.3 cm³/mol. The van der Waals surface area contributed by atoms with Crippen LogP contribution in [0.1, 0.15) is 17.3 Å². The Bertz CT molecular complexity index is 980. The number of aromatic nitrogens is 2. The quantitative estimate of drug-likeness (QED) is 0.577. The van der Waals surface area contributed by atoms with Crippen LogP contribution in [-0.4, -0.2) is 22.5 Å². The Morgan fingerprint density at radius 1 is 1.22 bits per heavy atom. The number of carbonyl (C=O) groups excluding carboxylic acids is 1. The molecular weight excluding hydrogens is 292 g/mol. The molecule has 1 N–H and O–H groups in total. The third kappa shape index (κ3) is 2.36. The minimum Gasteiger partial charge on any atom is -0.462 e. The van der Waals surface area contributed by atoms with Crippen molar-refractivity contribution in [2.24, 2.45) is 0 Å². The molecule has 2 aromatic carbocycles. The van der Waals surface area contributed by atoms with E-state index >= 15 is 0 Å². The van der Waals surface area contributed by atoms with E-state index < -0.39 is 0 Å². The van der Waals surface area contributed by atoms with E-state index in [-0.39, 0.29) is 5.97 Å². The van der Waals surface area contributed by atoms with E-state index in [1.54, 1.807) is 25.1 Å². The van der Waals surface area contributed by atoms with Gasteiger partial charge in [0.05, 0.1) is 12.2 Å². The van der Waals surface area contributed by atoms with Gasteiger partial charge in [-0.15, -0.1) is 0 Å². The van der Waals surface area contributed by atoms with E-state index in [1.807, 2.05) is 30.3 Å². The molecule has 2 heterocycles. The van der Waals surface area contributed by atoms with Gasteiger partial charge in [-0.05, 0) is 37.3 Å². The van der Waals surface area contributed by atoms with Crippen molar-refractivity contribution in [3.63, 3.8) is 0 Å². The van der Waals surface area contributed by atoms with Crippen LogP contribution in [0.5, 0.6) is 0 Å². The Labute approximate surface area is 131 Å².